The van der Waals surface area contributed by atoms with Gasteiger partial charge in [0.05, 0.1) is 24.7 Å². The van der Waals surface area contributed by atoms with Crippen molar-refractivity contribution in [2.45, 2.75) is 39.5 Å². The van der Waals surface area contributed by atoms with Gasteiger partial charge in [-0.25, -0.2) is 13.1 Å². The highest BCUT2D eigenvalue weighted by Crippen LogP contribution is 2.18. The van der Waals surface area contributed by atoms with E-state index in [1.165, 1.54) is 5.56 Å². The lowest BCUT2D eigenvalue weighted by Crippen LogP contribution is -2.37. The highest BCUT2D eigenvalue weighted by Gasteiger charge is 2.32. The van der Waals surface area contributed by atoms with Crippen LogP contribution in [0.2, 0.25) is 0 Å². The molecule has 0 spiro atoms. The molecule has 1 atom stereocenters. The Morgan fingerprint density at radius 3 is 2.64 bits per heavy atom. The molecule has 1 aromatic heterocycles. The second kappa shape index (κ2) is 7.39. The summed E-state index contributed by atoms with van der Waals surface area (Å²) < 4.78 is 28.0. The average Bonchev–Trinajstić information content (AvgIpc) is 3.07. The summed E-state index contributed by atoms with van der Waals surface area (Å²) in [5, 5.41) is 4.59. The molecule has 0 amide bonds. The summed E-state index contributed by atoms with van der Waals surface area (Å²) >= 11 is 5.62. The molecule has 0 N–H and O–H groups in total. The summed E-state index contributed by atoms with van der Waals surface area (Å²) in [5.74, 6) is 1.38. The van der Waals surface area contributed by atoms with Crippen molar-refractivity contribution in [3.63, 3.8) is 0 Å². The average molecular weight is 381 g/mol. The molecule has 0 unspecified atom stereocenters. The van der Waals surface area contributed by atoms with Crippen LogP contribution in [0.25, 0.3) is 0 Å². The second-order valence-corrected chi connectivity index (χ2v) is 9.10. The SMILES string of the molecule is CCN(Cn1nc(C)n(Cc2ccccc2)c1=S)[C@H]1CCS(=O)(=O)C1. The van der Waals surface area contributed by atoms with Gasteiger partial charge in [-0.1, -0.05) is 37.3 Å². The number of sulfone groups is 1. The number of hydrogen-bond donors (Lipinski definition) is 0. The van der Waals surface area contributed by atoms with E-state index in [-0.39, 0.29) is 17.5 Å². The maximum absolute atomic E-state index is 11.8. The van der Waals surface area contributed by atoms with Crippen LogP contribution in [0.15, 0.2) is 30.3 Å². The van der Waals surface area contributed by atoms with Gasteiger partial charge in [0, 0.05) is 6.04 Å². The lowest BCUT2D eigenvalue weighted by atomic mass is 10.2. The molecule has 1 aromatic carbocycles. The summed E-state index contributed by atoms with van der Waals surface area (Å²) in [6, 6.07) is 10.2. The molecule has 1 aliphatic heterocycles. The minimum atomic E-state index is -2.90. The van der Waals surface area contributed by atoms with Gasteiger partial charge in [0.2, 0.25) is 0 Å². The molecular formula is C17H24N4O2S2. The van der Waals surface area contributed by atoms with E-state index < -0.39 is 9.84 Å². The predicted octanol–water partition coefficient (Wildman–Crippen LogP) is 2.24. The highest BCUT2D eigenvalue weighted by atomic mass is 32.2. The third kappa shape index (κ3) is 4.19. The molecule has 0 radical (unpaired) electrons. The number of rotatable bonds is 6. The van der Waals surface area contributed by atoms with Crippen LogP contribution in [0.1, 0.15) is 24.7 Å². The van der Waals surface area contributed by atoms with Gasteiger partial charge in [0.1, 0.15) is 5.82 Å². The summed E-state index contributed by atoms with van der Waals surface area (Å²) in [4.78, 5) is 2.15. The van der Waals surface area contributed by atoms with Crippen LogP contribution < -0.4 is 0 Å². The normalized spacial score (nSPS) is 19.6. The van der Waals surface area contributed by atoms with E-state index in [2.05, 4.69) is 22.1 Å². The molecule has 0 aliphatic carbocycles. The second-order valence-electron chi connectivity index (χ2n) is 6.50. The van der Waals surface area contributed by atoms with Crippen molar-refractivity contribution < 1.29 is 8.42 Å². The van der Waals surface area contributed by atoms with Gasteiger partial charge in [-0.2, -0.15) is 5.10 Å². The molecule has 8 heteroatoms. The molecule has 3 rings (SSSR count). The Bertz CT molecular complexity index is 887. The summed E-state index contributed by atoms with van der Waals surface area (Å²) in [5.41, 5.74) is 1.18. The first kappa shape index (κ1) is 18.3. The number of hydrogen-bond acceptors (Lipinski definition) is 5. The van der Waals surface area contributed by atoms with Gasteiger partial charge in [-0.3, -0.25) is 9.47 Å². The van der Waals surface area contributed by atoms with Crippen molar-refractivity contribution in [1.29, 1.82) is 0 Å². The smallest absolute Gasteiger partial charge is 0.199 e. The molecule has 6 nitrogen and oxygen atoms in total. The van der Waals surface area contributed by atoms with E-state index in [1.807, 2.05) is 41.3 Å². The van der Waals surface area contributed by atoms with Crippen LogP contribution >= 0.6 is 12.2 Å². The number of nitrogens with zero attached hydrogens (tertiary/aromatic N) is 4. The lowest BCUT2D eigenvalue weighted by molar-refractivity contribution is 0.163. The van der Waals surface area contributed by atoms with Crippen molar-refractivity contribution >= 4 is 22.1 Å². The van der Waals surface area contributed by atoms with Gasteiger partial charge in [0.25, 0.3) is 0 Å². The van der Waals surface area contributed by atoms with Crippen LogP contribution in [0.5, 0.6) is 0 Å². The van der Waals surface area contributed by atoms with Crippen LogP contribution in [0.3, 0.4) is 0 Å². The Labute approximate surface area is 154 Å². The monoisotopic (exact) mass is 380 g/mol. The van der Waals surface area contributed by atoms with Crippen LogP contribution in [-0.2, 0) is 23.1 Å². The highest BCUT2D eigenvalue weighted by molar-refractivity contribution is 7.91. The third-order valence-corrected chi connectivity index (χ3v) is 6.92. The van der Waals surface area contributed by atoms with E-state index >= 15 is 0 Å². The Hall–Kier alpha value is -1.51. The summed E-state index contributed by atoms with van der Waals surface area (Å²) in [7, 11) is -2.90. The maximum Gasteiger partial charge on any atom is 0.199 e. The van der Waals surface area contributed by atoms with Crippen molar-refractivity contribution in [2.24, 2.45) is 0 Å². The molecule has 25 heavy (non-hydrogen) atoms. The molecule has 0 saturated carbocycles. The van der Waals surface area contributed by atoms with Crippen LogP contribution in [-0.4, -0.2) is 51.8 Å². The number of aryl methyl sites for hydroxylation is 1. The molecule has 136 valence electrons. The molecule has 2 aromatic rings. The minimum absolute atomic E-state index is 0.0523. The van der Waals surface area contributed by atoms with E-state index in [0.29, 0.717) is 24.4 Å². The topological polar surface area (TPSA) is 60.1 Å². The van der Waals surface area contributed by atoms with Gasteiger partial charge in [-0.05, 0) is 37.7 Å². The molecule has 1 fully saturated rings. The fourth-order valence-electron chi connectivity index (χ4n) is 3.30. The minimum Gasteiger partial charge on any atom is -0.300 e. The first-order valence-electron chi connectivity index (χ1n) is 8.52. The van der Waals surface area contributed by atoms with E-state index in [9.17, 15) is 8.42 Å². The van der Waals surface area contributed by atoms with E-state index in [4.69, 9.17) is 12.2 Å². The molecule has 1 saturated heterocycles. The Kier molecular flexibility index (Phi) is 5.41. The molecule has 1 aliphatic rings. The first-order valence-corrected chi connectivity index (χ1v) is 10.7. The van der Waals surface area contributed by atoms with Crippen LogP contribution in [0, 0.1) is 11.7 Å². The number of benzene rings is 1. The molecule has 2 heterocycles. The van der Waals surface area contributed by atoms with Gasteiger partial charge < -0.3 is 0 Å². The third-order valence-electron chi connectivity index (χ3n) is 4.74. The summed E-state index contributed by atoms with van der Waals surface area (Å²) in [6.07, 6.45) is 0.688. The largest absolute Gasteiger partial charge is 0.300 e. The van der Waals surface area contributed by atoms with Crippen molar-refractivity contribution in [3.8, 4) is 0 Å². The van der Waals surface area contributed by atoms with Crippen molar-refractivity contribution in [2.75, 3.05) is 18.1 Å². The van der Waals surface area contributed by atoms with Crippen molar-refractivity contribution in [3.05, 3.63) is 46.5 Å². The summed E-state index contributed by atoms with van der Waals surface area (Å²) in [6.45, 7) is 5.98. The quantitative estimate of drug-likeness (QED) is 0.720. The Morgan fingerprint density at radius 1 is 1.32 bits per heavy atom. The Morgan fingerprint density at radius 2 is 2.04 bits per heavy atom. The first-order chi connectivity index (χ1) is 11.9. The van der Waals surface area contributed by atoms with E-state index in [1.54, 1.807) is 0 Å². The zero-order chi connectivity index (χ0) is 18.0. The zero-order valence-corrected chi connectivity index (χ0v) is 16.3. The van der Waals surface area contributed by atoms with Gasteiger partial charge in [-0.15, -0.1) is 0 Å². The van der Waals surface area contributed by atoms with Gasteiger partial charge in [0.15, 0.2) is 14.6 Å². The lowest BCUT2D eigenvalue weighted by Gasteiger charge is -2.26. The number of aromatic nitrogens is 3. The predicted molar refractivity (Wildman–Crippen MR) is 101 cm³/mol. The van der Waals surface area contributed by atoms with E-state index in [0.717, 1.165) is 12.4 Å². The molecular weight excluding hydrogens is 356 g/mol. The Balaban J connectivity index is 1.79. The van der Waals surface area contributed by atoms with Crippen LogP contribution in [0.4, 0.5) is 0 Å². The molecule has 0 bridgehead atoms. The zero-order valence-electron chi connectivity index (χ0n) is 14.6. The maximum atomic E-state index is 11.8. The van der Waals surface area contributed by atoms with Gasteiger partial charge >= 0.3 is 0 Å². The van der Waals surface area contributed by atoms with Crippen molar-refractivity contribution in [1.82, 2.24) is 19.2 Å². The fourth-order valence-corrected chi connectivity index (χ4v) is 5.36. The fraction of sp³-hybridized carbons (Fsp3) is 0.529. The standard InChI is InChI=1S/C17H24N4O2S2/c1-3-19(16-9-10-25(22,23)12-16)13-21-17(24)20(14(2)18-21)11-15-7-5-4-6-8-15/h4-8,16H,3,9-13H2,1-2H3/t16-/m0/s1.